The Bertz CT molecular complexity index is 817. The summed E-state index contributed by atoms with van der Waals surface area (Å²) in [4.78, 5) is 31.6. The Hall–Kier alpha value is -2.20. The average molecular weight is 417 g/mol. The first kappa shape index (κ1) is 21.5. The van der Waals surface area contributed by atoms with E-state index < -0.39 is 19.5 Å². The molecular weight excluding hydrogens is 387 g/mol. The molecular formula is C22H30N2O4P+. The van der Waals surface area contributed by atoms with Gasteiger partial charge in [-0.2, -0.15) is 0 Å². The van der Waals surface area contributed by atoms with Crippen molar-refractivity contribution in [2.75, 3.05) is 19.6 Å². The maximum absolute atomic E-state index is 13.1. The molecule has 6 nitrogen and oxygen atoms in total. The molecule has 0 radical (unpaired) electrons. The van der Waals surface area contributed by atoms with Gasteiger partial charge >= 0.3 is 12.0 Å². The number of hydrogen-bond donors (Lipinski definition) is 1. The fourth-order valence-corrected chi connectivity index (χ4v) is 5.06. The lowest BCUT2D eigenvalue weighted by Gasteiger charge is -2.37. The van der Waals surface area contributed by atoms with Gasteiger partial charge in [0.15, 0.2) is 6.29 Å². The van der Waals surface area contributed by atoms with Gasteiger partial charge in [0.05, 0.1) is 25.6 Å². The second-order valence-electron chi connectivity index (χ2n) is 8.15. The molecule has 1 aliphatic carbocycles. The van der Waals surface area contributed by atoms with Crippen molar-refractivity contribution in [2.24, 2.45) is 16.8 Å². The van der Waals surface area contributed by atoms with E-state index in [0.29, 0.717) is 30.1 Å². The molecule has 3 atom stereocenters. The van der Waals surface area contributed by atoms with Crippen molar-refractivity contribution in [3.05, 3.63) is 29.8 Å². The predicted molar refractivity (Wildman–Crippen MR) is 117 cm³/mol. The van der Waals surface area contributed by atoms with E-state index in [1.165, 1.54) is 19.3 Å². The Labute approximate surface area is 173 Å². The Morgan fingerprint density at radius 1 is 1.34 bits per heavy atom. The zero-order valence-corrected chi connectivity index (χ0v) is 18.1. The maximum atomic E-state index is 13.1. The summed E-state index contributed by atoms with van der Waals surface area (Å²) >= 11 is 0. The van der Waals surface area contributed by atoms with E-state index in [-0.39, 0.29) is 17.7 Å². The van der Waals surface area contributed by atoms with Gasteiger partial charge in [-0.05, 0) is 43.4 Å². The highest BCUT2D eigenvalue weighted by atomic mass is 31.1. The van der Waals surface area contributed by atoms with Gasteiger partial charge in [-0.25, -0.2) is 9.79 Å². The number of ether oxygens (including phenoxy) is 1. The van der Waals surface area contributed by atoms with Crippen LogP contribution in [0.2, 0.25) is 0 Å². The first-order chi connectivity index (χ1) is 13.9. The molecule has 2 aliphatic rings. The Morgan fingerprint density at radius 3 is 2.72 bits per heavy atom. The van der Waals surface area contributed by atoms with Crippen molar-refractivity contribution < 1.29 is 19.4 Å². The summed E-state index contributed by atoms with van der Waals surface area (Å²) in [7, 11) is -0.674. The van der Waals surface area contributed by atoms with Gasteiger partial charge in [0.1, 0.15) is 19.2 Å². The summed E-state index contributed by atoms with van der Waals surface area (Å²) < 4.78 is 5.73. The highest BCUT2D eigenvalue weighted by molar-refractivity contribution is 7.54. The van der Waals surface area contributed by atoms with Gasteiger partial charge in [0.2, 0.25) is 0 Å². The number of phenols is 1. The van der Waals surface area contributed by atoms with E-state index in [0.717, 1.165) is 12.8 Å². The second kappa shape index (κ2) is 9.53. The Morgan fingerprint density at radius 2 is 2.07 bits per heavy atom. The molecule has 1 aliphatic heterocycles. The SMILES string of the molecule is C=[P+](C)CN1C(=O)N=C(C)C(C(=O)OCC2CCCCC2)C1c1cccc(O)c1. The Balaban J connectivity index is 1.89. The number of urea groups is 1. The lowest BCUT2D eigenvalue weighted by Crippen LogP contribution is -2.47. The molecule has 7 heteroatoms. The topological polar surface area (TPSA) is 79.2 Å². The van der Waals surface area contributed by atoms with Crippen LogP contribution in [0, 0.1) is 11.8 Å². The van der Waals surface area contributed by atoms with Crippen LogP contribution in [-0.2, 0) is 9.53 Å². The molecule has 0 bridgehead atoms. The molecule has 1 fully saturated rings. The molecule has 1 heterocycles. The van der Waals surface area contributed by atoms with Crippen molar-refractivity contribution in [3.63, 3.8) is 0 Å². The van der Waals surface area contributed by atoms with E-state index in [9.17, 15) is 14.7 Å². The molecule has 1 aromatic rings. The van der Waals surface area contributed by atoms with Gasteiger partial charge in [-0.3, -0.25) is 9.69 Å². The zero-order chi connectivity index (χ0) is 21.0. The molecule has 0 spiro atoms. The number of aliphatic imine (C=N–C) groups is 1. The normalized spacial score (nSPS) is 23.5. The minimum atomic E-state index is -0.687. The number of amides is 2. The lowest BCUT2D eigenvalue weighted by molar-refractivity contribution is -0.149. The summed E-state index contributed by atoms with van der Waals surface area (Å²) in [6.07, 6.45) is 10.3. The molecule has 1 N–H and O–H groups in total. The van der Waals surface area contributed by atoms with E-state index in [1.807, 2.05) is 12.7 Å². The van der Waals surface area contributed by atoms with Gasteiger partial charge in [0.25, 0.3) is 0 Å². The largest absolute Gasteiger partial charge is 0.508 e. The number of phenolic OH excluding ortho intramolecular Hbond substituents is 1. The third kappa shape index (κ3) is 5.24. The number of benzene rings is 1. The van der Waals surface area contributed by atoms with Gasteiger partial charge in [0, 0.05) is 5.71 Å². The quantitative estimate of drug-likeness (QED) is 0.543. The van der Waals surface area contributed by atoms with Gasteiger partial charge in [-0.15, -0.1) is 0 Å². The molecule has 3 unspecified atom stereocenters. The molecule has 2 amide bonds. The van der Waals surface area contributed by atoms with Crippen LogP contribution < -0.4 is 0 Å². The second-order valence-corrected chi connectivity index (χ2v) is 10.1. The smallest absolute Gasteiger partial charge is 0.347 e. The molecule has 3 rings (SSSR count). The summed E-state index contributed by atoms with van der Waals surface area (Å²) in [5, 5.41) is 9.98. The van der Waals surface area contributed by atoms with Crippen LogP contribution in [0.25, 0.3) is 0 Å². The molecule has 0 aromatic heterocycles. The molecule has 0 saturated heterocycles. The van der Waals surface area contributed by atoms with Crippen molar-refractivity contribution in [2.45, 2.75) is 45.1 Å². The van der Waals surface area contributed by atoms with Crippen molar-refractivity contribution in [3.8, 4) is 5.75 Å². The van der Waals surface area contributed by atoms with E-state index in [1.54, 1.807) is 30.0 Å². The molecule has 1 aromatic carbocycles. The first-order valence-electron chi connectivity index (χ1n) is 10.2. The molecule has 156 valence electrons. The summed E-state index contributed by atoms with van der Waals surface area (Å²) in [6, 6.07) is 5.79. The lowest BCUT2D eigenvalue weighted by atomic mass is 9.87. The number of hydrogen-bond acceptors (Lipinski definition) is 4. The summed E-state index contributed by atoms with van der Waals surface area (Å²) in [6.45, 7) is 4.10. The molecule has 1 saturated carbocycles. The summed E-state index contributed by atoms with van der Waals surface area (Å²) in [5.74, 6) is -0.535. The number of aromatic hydroxyl groups is 1. The first-order valence-corrected chi connectivity index (χ1v) is 12.4. The number of carbonyl (C=O) groups is 2. The average Bonchev–Trinajstić information content (AvgIpc) is 2.68. The van der Waals surface area contributed by atoms with E-state index in [2.05, 4.69) is 11.3 Å². The van der Waals surface area contributed by atoms with Crippen molar-refractivity contribution >= 4 is 31.6 Å². The summed E-state index contributed by atoms with van der Waals surface area (Å²) in [5.41, 5.74) is 1.15. The third-order valence-electron chi connectivity index (χ3n) is 5.66. The highest BCUT2D eigenvalue weighted by Crippen LogP contribution is 2.38. The number of nitrogens with zero attached hydrogens (tertiary/aromatic N) is 2. The minimum Gasteiger partial charge on any atom is -0.508 e. The minimum absolute atomic E-state index is 0.0952. The van der Waals surface area contributed by atoms with E-state index in [4.69, 9.17) is 4.74 Å². The maximum Gasteiger partial charge on any atom is 0.347 e. The van der Waals surface area contributed by atoms with Crippen LogP contribution in [0.15, 0.2) is 29.3 Å². The fraction of sp³-hybridized carbons (Fsp3) is 0.545. The van der Waals surface area contributed by atoms with Crippen LogP contribution in [0.3, 0.4) is 0 Å². The standard InChI is InChI=1S/C22H29N2O4P/c1-15-19(21(26)28-13-16-8-5-4-6-9-16)20(17-10-7-11-18(25)12-17)24(14-29(2)3)22(27)23-15/h7,10-12,16,19-20H,2,4-6,8-9,13-14H2,1,3H3/p+1. The van der Waals surface area contributed by atoms with Crippen LogP contribution in [0.1, 0.15) is 50.6 Å². The van der Waals surface area contributed by atoms with Crippen molar-refractivity contribution in [1.29, 1.82) is 0 Å². The number of carbonyl (C=O) groups excluding carboxylic acids is 2. The monoisotopic (exact) mass is 417 g/mol. The van der Waals surface area contributed by atoms with Gasteiger partial charge < -0.3 is 9.84 Å². The van der Waals surface area contributed by atoms with Crippen LogP contribution in [-0.4, -0.2) is 53.6 Å². The fourth-order valence-electron chi connectivity index (χ4n) is 4.24. The number of rotatable bonds is 6. The van der Waals surface area contributed by atoms with Crippen molar-refractivity contribution in [1.82, 2.24) is 4.90 Å². The third-order valence-corrected chi connectivity index (χ3v) is 6.45. The van der Waals surface area contributed by atoms with Crippen LogP contribution in [0.5, 0.6) is 5.75 Å². The van der Waals surface area contributed by atoms with Gasteiger partial charge in [-0.1, -0.05) is 31.4 Å². The highest BCUT2D eigenvalue weighted by Gasteiger charge is 2.44. The zero-order valence-electron chi connectivity index (χ0n) is 17.2. The molecule has 29 heavy (non-hydrogen) atoms. The van der Waals surface area contributed by atoms with Crippen LogP contribution in [0.4, 0.5) is 4.79 Å². The number of esters is 1. The Kier molecular flexibility index (Phi) is 7.07. The van der Waals surface area contributed by atoms with E-state index >= 15 is 0 Å². The van der Waals surface area contributed by atoms with Crippen LogP contribution >= 0.6 is 7.55 Å². The predicted octanol–water partition coefficient (Wildman–Crippen LogP) is 4.57.